The first-order chi connectivity index (χ1) is 7.24. The van der Waals surface area contributed by atoms with Gasteiger partial charge in [0.2, 0.25) is 0 Å². The molecular formula is C12H13FO2. The zero-order valence-corrected chi connectivity index (χ0v) is 8.57. The van der Waals surface area contributed by atoms with Crippen LogP contribution in [0, 0.1) is 5.82 Å². The number of carbonyl (C=O) groups is 1. The molecule has 80 valence electrons. The molecule has 1 aromatic rings. The molecule has 15 heavy (non-hydrogen) atoms. The second-order valence-electron chi connectivity index (χ2n) is 3.02. The maximum Gasteiger partial charge on any atom is 0.188 e. The number of hydrogen-bond donors (Lipinski definition) is 0. The Morgan fingerprint density at radius 1 is 1.53 bits per heavy atom. The second kappa shape index (κ2) is 6.09. The fourth-order valence-corrected chi connectivity index (χ4v) is 1.06. The summed E-state index contributed by atoms with van der Waals surface area (Å²) < 4.78 is 17.8. The van der Waals surface area contributed by atoms with Crippen LogP contribution in [0.1, 0.15) is 17.3 Å². The number of halogens is 1. The number of allylic oxidation sites excluding steroid dienone is 1. The Morgan fingerprint density at radius 3 is 3.00 bits per heavy atom. The van der Waals surface area contributed by atoms with E-state index < -0.39 is 5.82 Å². The van der Waals surface area contributed by atoms with Crippen LogP contribution in [0.15, 0.2) is 36.4 Å². The number of ether oxygens (including phenoxy) is 1. The zero-order valence-electron chi connectivity index (χ0n) is 8.57. The van der Waals surface area contributed by atoms with Crippen molar-refractivity contribution in [2.45, 2.75) is 6.92 Å². The Morgan fingerprint density at radius 2 is 2.33 bits per heavy atom. The van der Waals surface area contributed by atoms with Crippen LogP contribution in [-0.4, -0.2) is 19.0 Å². The summed E-state index contributed by atoms with van der Waals surface area (Å²) in [5.74, 6) is -0.617. The largest absolute Gasteiger partial charge is 0.369 e. The van der Waals surface area contributed by atoms with Crippen LogP contribution in [0.5, 0.6) is 0 Å². The molecule has 0 amide bonds. The SMILES string of the molecule is CC=CCOCC(=O)c1cccc(F)c1. The molecule has 0 heterocycles. The smallest absolute Gasteiger partial charge is 0.188 e. The number of benzene rings is 1. The van der Waals surface area contributed by atoms with Gasteiger partial charge in [-0.1, -0.05) is 24.3 Å². The minimum absolute atomic E-state index is 0.0200. The number of hydrogen-bond acceptors (Lipinski definition) is 2. The summed E-state index contributed by atoms with van der Waals surface area (Å²) in [5.41, 5.74) is 0.343. The van der Waals surface area contributed by atoms with Crippen molar-refractivity contribution in [1.29, 1.82) is 0 Å². The molecule has 3 heteroatoms. The summed E-state index contributed by atoms with van der Waals surface area (Å²) in [6.07, 6.45) is 3.64. The van der Waals surface area contributed by atoms with Gasteiger partial charge in [-0.05, 0) is 19.1 Å². The van der Waals surface area contributed by atoms with Crippen LogP contribution >= 0.6 is 0 Å². The van der Waals surface area contributed by atoms with Gasteiger partial charge >= 0.3 is 0 Å². The van der Waals surface area contributed by atoms with Crippen molar-refractivity contribution < 1.29 is 13.9 Å². The van der Waals surface area contributed by atoms with Crippen molar-refractivity contribution >= 4 is 5.78 Å². The Hall–Kier alpha value is -1.48. The van der Waals surface area contributed by atoms with Gasteiger partial charge < -0.3 is 4.74 Å². The molecule has 0 spiro atoms. The minimum atomic E-state index is -0.408. The lowest BCUT2D eigenvalue weighted by atomic mass is 10.1. The zero-order chi connectivity index (χ0) is 11.1. The van der Waals surface area contributed by atoms with E-state index in [-0.39, 0.29) is 12.4 Å². The van der Waals surface area contributed by atoms with Crippen LogP contribution in [0.2, 0.25) is 0 Å². The van der Waals surface area contributed by atoms with Crippen LogP contribution in [0.4, 0.5) is 4.39 Å². The molecule has 0 fully saturated rings. The lowest BCUT2D eigenvalue weighted by molar-refractivity contribution is 0.0805. The van der Waals surface area contributed by atoms with E-state index in [9.17, 15) is 9.18 Å². The third-order valence-electron chi connectivity index (χ3n) is 1.83. The molecule has 0 N–H and O–H groups in total. The topological polar surface area (TPSA) is 26.3 Å². The van der Waals surface area contributed by atoms with Crippen molar-refractivity contribution in [3.63, 3.8) is 0 Å². The summed E-state index contributed by atoms with van der Waals surface area (Å²) in [6, 6.07) is 5.59. The van der Waals surface area contributed by atoms with E-state index in [4.69, 9.17) is 4.74 Å². The molecule has 0 saturated heterocycles. The first kappa shape index (κ1) is 11.6. The molecule has 0 aliphatic heterocycles. The van der Waals surface area contributed by atoms with Gasteiger partial charge in [-0.25, -0.2) is 4.39 Å². The fraction of sp³-hybridized carbons (Fsp3) is 0.250. The fourth-order valence-electron chi connectivity index (χ4n) is 1.06. The summed E-state index contributed by atoms with van der Waals surface area (Å²) in [5, 5.41) is 0. The van der Waals surface area contributed by atoms with Gasteiger partial charge in [0.1, 0.15) is 12.4 Å². The second-order valence-corrected chi connectivity index (χ2v) is 3.02. The van der Waals surface area contributed by atoms with E-state index in [0.717, 1.165) is 0 Å². The number of ketones is 1. The lowest BCUT2D eigenvalue weighted by Crippen LogP contribution is -2.09. The first-order valence-corrected chi connectivity index (χ1v) is 4.71. The molecule has 0 aromatic heterocycles. The van der Waals surface area contributed by atoms with Gasteiger partial charge in [0.25, 0.3) is 0 Å². The van der Waals surface area contributed by atoms with Crippen molar-refractivity contribution in [2.24, 2.45) is 0 Å². The maximum atomic E-state index is 12.8. The molecule has 1 aromatic carbocycles. The quantitative estimate of drug-likeness (QED) is 0.422. The number of Topliss-reactive ketones (excluding diaryl/α,β-unsaturated/α-hetero) is 1. The molecule has 2 nitrogen and oxygen atoms in total. The van der Waals surface area contributed by atoms with E-state index in [1.807, 2.05) is 13.0 Å². The Labute approximate surface area is 88.4 Å². The summed E-state index contributed by atoms with van der Waals surface area (Å²) in [7, 11) is 0. The maximum absolute atomic E-state index is 12.8. The average molecular weight is 208 g/mol. The predicted octanol–water partition coefficient (Wildman–Crippen LogP) is 2.60. The van der Waals surface area contributed by atoms with Crippen LogP contribution in [-0.2, 0) is 4.74 Å². The summed E-state index contributed by atoms with van der Waals surface area (Å²) in [4.78, 5) is 11.4. The van der Waals surface area contributed by atoms with Gasteiger partial charge in [-0.2, -0.15) is 0 Å². The monoisotopic (exact) mass is 208 g/mol. The molecule has 0 atom stereocenters. The highest BCUT2D eigenvalue weighted by Crippen LogP contribution is 2.04. The molecule has 0 aliphatic rings. The average Bonchev–Trinajstić information content (AvgIpc) is 2.24. The van der Waals surface area contributed by atoms with Gasteiger partial charge in [-0.15, -0.1) is 0 Å². The highest BCUT2D eigenvalue weighted by atomic mass is 19.1. The van der Waals surface area contributed by atoms with Crippen LogP contribution in [0.3, 0.4) is 0 Å². The molecule has 0 aliphatic carbocycles. The Kier molecular flexibility index (Phi) is 4.71. The van der Waals surface area contributed by atoms with E-state index in [1.54, 1.807) is 12.1 Å². The molecular weight excluding hydrogens is 195 g/mol. The first-order valence-electron chi connectivity index (χ1n) is 4.71. The molecule has 0 radical (unpaired) electrons. The van der Waals surface area contributed by atoms with Crippen LogP contribution in [0.25, 0.3) is 0 Å². The molecule has 0 unspecified atom stereocenters. The third kappa shape index (κ3) is 4.04. The van der Waals surface area contributed by atoms with Gasteiger partial charge in [0.15, 0.2) is 5.78 Å². The van der Waals surface area contributed by atoms with Crippen molar-refractivity contribution in [1.82, 2.24) is 0 Å². The van der Waals surface area contributed by atoms with Crippen LogP contribution < -0.4 is 0 Å². The predicted molar refractivity (Wildman–Crippen MR) is 56.4 cm³/mol. The van der Waals surface area contributed by atoms with Crippen molar-refractivity contribution in [3.05, 3.63) is 47.8 Å². The summed E-state index contributed by atoms with van der Waals surface area (Å²) in [6.45, 7) is 2.25. The van der Waals surface area contributed by atoms with E-state index in [0.29, 0.717) is 12.2 Å². The van der Waals surface area contributed by atoms with E-state index in [1.165, 1.54) is 18.2 Å². The third-order valence-corrected chi connectivity index (χ3v) is 1.83. The van der Waals surface area contributed by atoms with Crippen molar-refractivity contribution in [3.8, 4) is 0 Å². The lowest BCUT2D eigenvalue weighted by Gasteiger charge is -2.01. The van der Waals surface area contributed by atoms with Gasteiger partial charge in [-0.3, -0.25) is 4.79 Å². The Bertz CT molecular complexity index is 358. The van der Waals surface area contributed by atoms with E-state index in [2.05, 4.69) is 0 Å². The van der Waals surface area contributed by atoms with E-state index >= 15 is 0 Å². The number of carbonyl (C=O) groups excluding carboxylic acids is 1. The normalized spacial score (nSPS) is 10.8. The molecule has 1 rings (SSSR count). The Balaban J connectivity index is 2.47. The molecule has 0 saturated carbocycles. The summed E-state index contributed by atoms with van der Waals surface area (Å²) >= 11 is 0. The highest BCUT2D eigenvalue weighted by Gasteiger charge is 2.05. The highest BCUT2D eigenvalue weighted by molar-refractivity contribution is 5.97. The van der Waals surface area contributed by atoms with Gasteiger partial charge in [0.05, 0.1) is 6.61 Å². The van der Waals surface area contributed by atoms with Crippen molar-refractivity contribution in [2.75, 3.05) is 13.2 Å². The standard InChI is InChI=1S/C12H13FO2/c1-2-3-7-15-9-12(14)10-5-4-6-11(13)8-10/h2-6,8H,7,9H2,1H3. The molecule has 0 bridgehead atoms. The van der Waals surface area contributed by atoms with Gasteiger partial charge in [0, 0.05) is 5.56 Å². The number of rotatable bonds is 5. The minimum Gasteiger partial charge on any atom is -0.369 e.